The molecule has 1 aliphatic rings. The molecule has 0 radical (unpaired) electrons. The molecular weight excluding hydrogens is 391 g/mol. The first-order chi connectivity index (χ1) is 13.0. The molecule has 2 aromatic carbocycles. The number of carbonyl (C=O) groups is 2. The minimum Gasteiger partial charge on any atom is -0.504 e. The molecule has 2 amide bonds. The Hall–Kier alpha value is -2.44. The van der Waals surface area contributed by atoms with Crippen LogP contribution in [0, 0.1) is 0 Å². The first-order valence-corrected chi connectivity index (χ1v) is 9.14. The van der Waals surface area contributed by atoms with Crippen LogP contribution in [0.1, 0.15) is 10.4 Å². The molecule has 1 aliphatic heterocycles. The summed E-state index contributed by atoms with van der Waals surface area (Å²) in [6, 6.07) is 11.2. The van der Waals surface area contributed by atoms with Gasteiger partial charge in [0.15, 0.2) is 18.1 Å². The number of hydrogen-bond acceptors (Lipinski definition) is 4. The lowest BCUT2D eigenvalue weighted by molar-refractivity contribution is -0.134. The van der Waals surface area contributed by atoms with E-state index in [4.69, 9.17) is 27.9 Å². The number of piperazine rings is 1. The highest BCUT2D eigenvalue weighted by Gasteiger charge is 2.26. The largest absolute Gasteiger partial charge is 0.504 e. The minimum atomic E-state index is -0.199. The van der Waals surface area contributed by atoms with Crippen LogP contribution in [0.3, 0.4) is 0 Å². The van der Waals surface area contributed by atoms with E-state index in [0.717, 1.165) is 0 Å². The predicted octanol–water partition coefficient (Wildman–Crippen LogP) is 3.06. The van der Waals surface area contributed by atoms with Crippen molar-refractivity contribution in [2.24, 2.45) is 0 Å². The maximum Gasteiger partial charge on any atom is 0.260 e. The monoisotopic (exact) mass is 408 g/mol. The second kappa shape index (κ2) is 8.50. The van der Waals surface area contributed by atoms with Gasteiger partial charge in [0, 0.05) is 31.2 Å². The zero-order valence-electron chi connectivity index (χ0n) is 14.4. The summed E-state index contributed by atoms with van der Waals surface area (Å²) in [5.41, 5.74) is 0.392. The SMILES string of the molecule is O=C(COc1ccccc1O)N1CCN(C(=O)c2ccc(Cl)cc2Cl)CC1. The normalized spacial score (nSPS) is 14.1. The molecule has 0 atom stereocenters. The van der Waals surface area contributed by atoms with Gasteiger partial charge >= 0.3 is 0 Å². The van der Waals surface area contributed by atoms with Crippen LogP contribution in [0.2, 0.25) is 10.0 Å². The van der Waals surface area contributed by atoms with E-state index in [-0.39, 0.29) is 29.9 Å². The molecule has 0 unspecified atom stereocenters. The van der Waals surface area contributed by atoms with Crippen molar-refractivity contribution < 1.29 is 19.4 Å². The van der Waals surface area contributed by atoms with E-state index in [1.54, 1.807) is 40.1 Å². The third-order valence-electron chi connectivity index (χ3n) is 4.30. The number of benzene rings is 2. The molecule has 0 spiro atoms. The summed E-state index contributed by atoms with van der Waals surface area (Å²) in [4.78, 5) is 28.2. The van der Waals surface area contributed by atoms with Crippen molar-refractivity contribution in [2.45, 2.75) is 0 Å². The van der Waals surface area contributed by atoms with E-state index >= 15 is 0 Å². The lowest BCUT2D eigenvalue weighted by Crippen LogP contribution is -2.51. The molecule has 27 heavy (non-hydrogen) atoms. The summed E-state index contributed by atoms with van der Waals surface area (Å²) >= 11 is 12.0. The lowest BCUT2D eigenvalue weighted by atomic mass is 10.1. The molecule has 0 aliphatic carbocycles. The summed E-state index contributed by atoms with van der Waals surface area (Å²) in [7, 11) is 0. The number of ether oxygens (including phenoxy) is 1. The first kappa shape index (κ1) is 19.3. The smallest absolute Gasteiger partial charge is 0.260 e. The van der Waals surface area contributed by atoms with Crippen LogP contribution in [0.4, 0.5) is 0 Å². The standard InChI is InChI=1S/C19H18Cl2N2O4/c20-13-5-6-14(15(21)11-13)19(26)23-9-7-22(8-10-23)18(25)12-27-17-4-2-1-3-16(17)24/h1-6,11,24H,7-10,12H2. The number of phenols is 1. The van der Waals surface area contributed by atoms with Crippen molar-refractivity contribution in [3.63, 3.8) is 0 Å². The topological polar surface area (TPSA) is 70.1 Å². The number of rotatable bonds is 4. The van der Waals surface area contributed by atoms with Gasteiger partial charge < -0.3 is 19.6 Å². The van der Waals surface area contributed by atoms with E-state index in [0.29, 0.717) is 41.8 Å². The van der Waals surface area contributed by atoms with Gasteiger partial charge in [0.05, 0.1) is 10.6 Å². The molecule has 6 nitrogen and oxygen atoms in total. The fourth-order valence-electron chi connectivity index (χ4n) is 2.80. The third kappa shape index (κ3) is 4.64. The van der Waals surface area contributed by atoms with Crippen LogP contribution < -0.4 is 4.74 Å². The summed E-state index contributed by atoms with van der Waals surface area (Å²) in [6.45, 7) is 1.44. The molecule has 8 heteroatoms. The summed E-state index contributed by atoms with van der Waals surface area (Å²) < 4.78 is 5.37. The fraction of sp³-hybridized carbons (Fsp3) is 0.263. The highest BCUT2D eigenvalue weighted by atomic mass is 35.5. The third-order valence-corrected chi connectivity index (χ3v) is 4.85. The lowest BCUT2D eigenvalue weighted by Gasteiger charge is -2.34. The summed E-state index contributed by atoms with van der Waals surface area (Å²) in [6.07, 6.45) is 0. The van der Waals surface area contributed by atoms with E-state index in [2.05, 4.69) is 0 Å². The minimum absolute atomic E-state index is 0.0134. The molecule has 2 aromatic rings. The highest BCUT2D eigenvalue weighted by molar-refractivity contribution is 6.36. The van der Waals surface area contributed by atoms with E-state index < -0.39 is 0 Å². The van der Waals surface area contributed by atoms with Crippen LogP contribution in [0.5, 0.6) is 11.5 Å². The number of amides is 2. The number of para-hydroxylation sites is 2. The van der Waals surface area contributed by atoms with Crippen LogP contribution in [-0.2, 0) is 4.79 Å². The van der Waals surface area contributed by atoms with Gasteiger partial charge in [-0.25, -0.2) is 0 Å². The Bertz CT molecular complexity index is 851. The van der Waals surface area contributed by atoms with Gasteiger partial charge in [0.1, 0.15) is 0 Å². The average Bonchev–Trinajstić information content (AvgIpc) is 2.67. The maximum absolute atomic E-state index is 12.6. The Morgan fingerprint density at radius 1 is 1.00 bits per heavy atom. The van der Waals surface area contributed by atoms with Crippen molar-refractivity contribution in [2.75, 3.05) is 32.8 Å². The predicted molar refractivity (Wildman–Crippen MR) is 103 cm³/mol. The molecule has 1 saturated heterocycles. The Labute approximate surface area is 166 Å². The second-order valence-electron chi connectivity index (χ2n) is 6.05. The van der Waals surface area contributed by atoms with E-state index in [1.165, 1.54) is 12.1 Å². The van der Waals surface area contributed by atoms with Gasteiger partial charge in [-0.05, 0) is 30.3 Å². The number of nitrogens with zero attached hydrogens (tertiary/aromatic N) is 2. The fourth-order valence-corrected chi connectivity index (χ4v) is 3.29. The van der Waals surface area contributed by atoms with Crippen molar-refractivity contribution in [3.05, 3.63) is 58.1 Å². The second-order valence-corrected chi connectivity index (χ2v) is 6.90. The van der Waals surface area contributed by atoms with Gasteiger partial charge in [-0.1, -0.05) is 35.3 Å². The Morgan fingerprint density at radius 3 is 2.33 bits per heavy atom. The highest BCUT2D eigenvalue weighted by Crippen LogP contribution is 2.25. The maximum atomic E-state index is 12.6. The van der Waals surface area contributed by atoms with Crippen LogP contribution in [-0.4, -0.2) is 59.5 Å². The van der Waals surface area contributed by atoms with Crippen molar-refractivity contribution >= 4 is 35.0 Å². The molecule has 0 aromatic heterocycles. The van der Waals surface area contributed by atoms with Gasteiger partial charge in [0.25, 0.3) is 11.8 Å². The van der Waals surface area contributed by atoms with Gasteiger partial charge in [0.2, 0.25) is 0 Å². The zero-order chi connectivity index (χ0) is 19.4. The Kier molecular flexibility index (Phi) is 6.08. The number of carbonyl (C=O) groups excluding carboxylic acids is 2. The Morgan fingerprint density at radius 2 is 1.67 bits per heavy atom. The molecule has 1 fully saturated rings. The first-order valence-electron chi connectivity index (χ1n) is 8.38. The molecule has 1 N–H and O–H groups in total. The van der Waals surface area contributed by atoms with Gasteiger partial charge in [-0.3, -0.25) is 9.59 Å². The molecule has 0 bridgehead atoms. The van der Waals surface area contributed by atoms with E-state index in [9.17, 15) is 14.7 Å². The molecule has 142 valence electrons. The molecule has 3 rings (SSSR count). The van der Waals surface area contributed by atoms with Gasteiger partial charge in [-0.2, -0.15) is 0 Å². The van der Waals surface area contributed by atoms with Crippen molar-refractivity contribution in [1.29, 1.82) is 0 Å². The average molecular weight is 409 g/mol. The van der Waals surface area contributed by atoms with Crippen molar-refractivity contribution in [1.82, 2.24) is 9.80 Å². The van der Waals surface area contributed by atoms with E-state index in [1.807, 2.05) is 0 Å². The van der Waals surface area contributed by atoms with Crippen molar-refractivity contribution in [3.8, 4) is 11.5 Å². The zero-order valence-corrected chi connectivity index (χ0v) is 15.9. The Balaban J connectivity index is 1.53. The van der Waals surface area contributed by atoms with Crippen LogP contribution in [0.15, 0.2) is 42.5 Å². The summed E-state index contributed by atoms with van der Waals surface area (Å²) in [5, 5.41) is 10.4. The molecule has 0 saturated carbocycles. The summed E-state index contributed by atoms with van der Waals surface area (Å²) in [5.74, 6) is -0.137. The number of phenolic OH excluding ortho intramolecular Hbond substituents is 1. The number of halogens is 2. The molecule has 1 heterocycles. The van der Waals surface area contributed by atoms with Crippen LogP contribution in [0.25, 0.3) is 0 Å². The quantitative estimate of drug-likeness (QED) is 0.843. The number of aromatic hydroxyl groups is 1. The number of hydrogen-bond donors (Lipinski definition) is 1. The molecular formula is C19H18Cl2N2O4. The van der Waals surface area contributed by atoms with Crippen LogP contribution >= 0.6 is 23.2 Å². The van der Waals surface area contributed by atoms with Gasteiger partial charge in [-0.15, -0.1) is 0 Å².